The topological polar surface area (TPSA) is 88.6 Å². The minimum Gasteiger partial charge on any atom is -0.508 e. The van der Waals surface area contributed by atoms with Crippen LogP contribution in [0.5, 0.6) is 5.75 Å². The summed E-state index contributed by atoms with van der Waals surface area (Å²) in [5.41, 5.74) is 5.03. The molecule has 5 aliphatic carbocycles. The van der Waals surface area contributed by atoms with Crippen molar-refractivity contribution < 1.29 is 24.2 Å². The second kappa shape index (κ2) is 8.12. The summed E-state index contributed by atoms with van der Waals surface area (Å²) < 4.78 is 10.5. The summed E-state index contributed by atoms with van der Waals surface area (Å²) >= 11 is 0. The molecule has 2 saturated carbocycles. The van der Waals surface area contributed by atoms with Crippen LogP contribution in [0.4, 0.5) is 0 Å². The number of ether oxygens (including phenoxy) is 2. The minimum absolute atomic E-state index is 0.0427. The van der Waals surface area contributed by atoms with Gasteiger partial charge in [-0.1, -0.05) is 38.8 Å². The maximum Gasteiger partial charge on any atom is 0.340 e. The standard InChI is InChI=1S/C32H41NO5/c1-16(2)20-15-32-12-9-22-30(4,10-8-11-31(22,5)29(36)38-7)23(32)14-18(20)25-21(34)13-19-24(28(35)37-6)17(3)33-27(19)26(25)32/h13,15-16,18,22-23,33-34H,8-12,14H2,1-7H3/t18-,22+,23+,30-,31?,32-/m0/s1. The first-order chi connectivity index (χ1) is 17.9. The van der Waals surface area contributed by atoms with E-state index in [1.165, 1.54) is 25.4 Å². The predicted molar refractivity (Wildman–Crippen MR) is 146 cm³/mol. The molecule has 5 aliphatic rings. The third-order valence-electron chi connectivity index (χ3n) is 11.4. The number of carbonyl (C=O) groups is 2. The van der Waals surface area contributed by atoms with E-state index in [4.69, 9.17) is 9.47 Å². The number of methoxy groups -OCH3 is 2. The minimum atomic E-state index is -0.483. The van der Waals surface area contributed by atoms with Crippen LogP contribution in [0, 0.1) is 35.5 Å². The van der Waals surface area contributed by atoms with Gasteiger partial charge >= 0.3 is 11.9 Å². The lowest BCUT2D eigenvalue weighted by Crippen LogP contribution is -2.62. The van der Waals surface area contributed by atoms with Gasteiger partial charge in [-0.3, -0.25) is 4.79 Å². The number of fused-ring (bicyclic) bond motifs is 2. The zero-order valence-corrected chi connectivity index (χ0v) is 23.8. The summed E-state index contributed by atoms with van der Waals surface area (Å²) in [5, 5.41) is 12.3. The lowest BCUT2D eigenvalue weighted by Gasteiger charge is -2.66. The average molecular weight is 520 g/mol. The number of phenolic OH excluding ortho intramolecular Hbond substituents is 1. The van der Waals surface area contributed by atoms with E-state index in [1.807, 2.05) is 6.92 Å². The largest absolute Gasteiger partial charge is 0.508 e. The van der Waals surface area contributed by atoms with Crippen LogP contribution in [0.1, 0.15) is 99.3 Å². The number of aryl methyl sites for hydroxylation is 1. The van der Waals surface area contributed by atoms with Crippen LogP contribution in [0.3, 0.4) is 0 Å². The molecule has 6 atom stereocenters. The number of hydrogen-bond acceptors (Lipinski definition) is 5. The molecule has 6 heteroatoms. The molecule has 2 fully saturated rings. The van der Waals surface area contributed by atoms with Gasteiger partial charge in [0.05, 0.1) is 30.7 Å². The Kier molecular flexibility index (Phi) is 5.45. The summed E-state index contributed by atoms with van der Waals surface area (Å²) in [6.45, 7) is 11.0. The van der Waals surface area contributed by atoms with Gasteiger partial charge in [-0.05, 0) is 80.8 Å². The lowest BCUT2D eigenvalue weighted by atomic mass is 9.37. The summed E-state index contributed by atoms with van der Waals surface area (Å²) in [6.07, 6.45) is 8.32. The second-order valence-electron chi connectivity index (χ2n) is 13.3. The molecular weight excluding hydrogens is 478 g/mol. The molecule has 1 spiro atoms. The number of aromatic hydroxyl groups is 1. The van der Waals surface area contributed by atoms with E-state index in [2.05, 4.69) is 38.8 Å². The van der Waals surface area contributed by atoms with Crippen molar-refractivity contribution in [2.45, 2.75) is 84.5 Å². The molecule has 6 nitrogen and oxygen atoms in total. The van der Waals surface area contributed by atoms with Crippen LogP contribution in [0.2, 0.25) is 0 Å². The molecular formula is C32H41NO5. The zero-order chi connectivity index (χ0) is 27.4. The third kappa shape index (κ3) is 2.95. The number of esters is 2. The second-order valence-corrected chi connectivity index (χ2v) is 13.3. The quantitative estimate of drug-likeness (QED) is 0.349. The molecule has 38 heavy (non-hydrogen) atoms. The van der Waals surface area contributed by atoms with Gasteiger partial charge < -0.3 is 19.6 Å². The van der Waals surface area contributed by atoms with Gasteiger partial charge in [0.25, 0.3) is 0 Å². The Morgan fingerprint density at radius 1 is 1.11 bits per heavy atom. The molecule has 2 aromatic rings. The van der Waals surface area contributed by atoms with Crippen LogP contribution in [0.15, 0.2) is 17.7 Å². The third-order valence-corrected chi connectivity index (χ3v) is 11.4. The van der Waals surface area contributed by atoms with E-state index in [0.29, 0.717) is 17.4 Å². The summed E-state index contributed by atoms with van der Waals surface area (Å²) in [6, 6.07) is 1.77. The molecule has 0 amide bonds. The maximum atomic E-state index is 13.2. The van der Waals surface area contributed by atoms with Crippen molar-refractivity contribution in [1.29, 1.82) is 0 Å². The van der Waals surface area contributed by atoms with Crippen molar-refractivity contribution in [1.82, 2.24) is 4.98 Å². The Morgan fingerprint density at radius 3 is 2.50 bits per heavy atom. The van der Waals surface area contributed by atoms with E-state index in [1.54, 1.807) is 6.07 Å². The van der Waals surface area contributed by atoms with Gasteiger partial charge in [-0.2, -0.15) is 0 Å². The van der Waals surface area contributed by atoms with Crippen molar-refractivity contribution in [3.8, 4) is 5.75 Å². The molecule has 204 valence electrons. The number of phenols is 1. The normalized spacial score (nSPS) is 35.4. The molecule has 7 rings (SSSR count). The number of carbonyl (C=O) groups excluding carboxylic acids is 2. The molecule has 2 bridgehead atoms. The fourth-order valence-corrected chi connectivity index (χ4v) is 9.91. The molecule has 1 heterocycles. The summed E-state index contributed by atoms with van der Waals surface area (Å²) in [5.74, 6) is 0.872. The van der Waals surface area contributed by atoms with E-state index in [-0.39, 0.29) is 34.4 Å². The number of aromatic nitrogens is 1. The van der Waals surface area contributed by atoms with Gasteiger partial charge in [-0.15, -0.1) is 0 Å². The molecule has 1 unspecified atom stereocenters. The number of nitrogens with one attached hydrogen (secondary N) is 1. The van der Waals surface area contributed by atoms with Gasteiger partial charge in [0, 0.05) is 28.0 Å². The SMILES string of the molecule is COC(=O)c1c(C)[nH]c2c3c(c(O)cc12)[C@H]1C[C@@H]2[C@@]4(C)CCCC(C)(C(=O)OC)[C@@H]4CC[C@@]32C=C1C(C)C. The number of H-pyrrole nitrogens is 1. The van der Waals surface area contributed by atoms with E-state index in [9.17, 15) is 14.7 Å². The molecule has 1 aromatic carbocycles. The Balaban J connectivity index is 1.63. The fourth-order valence-electron chi connectivity index (χ4n) is 9.91. The number of aromatic amines is 1. The highest BCUT2D eigenvalue weighted by atomic mass is 16.5. The Morgan fingerprint density at radius 2 is 1.84 bits per heavy atom. The van der Waals surface area contributed by atoms with Crippen LogP contribution in [-0.2, 0) is 19.7 Å². The van der Waals surface area contributed by atoms with E-state index in [0.717, 1.165) is 60.7 Å². The fraction of sp³-hybridized carbons (Fsp3) is 0.625. The maximum absolute atomic E-state index is 13.2. The Hall–Kier alpha value is -2.76. The van der Waals surface area contributed by atoms with Crippen LogP contribution in [-0.4, -0.2) is 36.2 Å². The lowest BCUT2D eigenvalue weighted by molar-refractivity contribution is -0.175. The van der Waals surface area contributed by atoms with Gasteiger partial charge in [0.1, 0.15) is 5.75 Å². The average Bonchev–Trinajstić information content (AvgIpc) is 3.22. The smallest absolute Gasteiger partial charge is 0.340 e. The predicted octanol–water partition coefficient (Wildman–Crippen LogP) is 6.69. The number of benzene rings is 1. The van der Waals surface area contributed by atoms with Crippen LogP contribution >= 0.6 is 0 Å². The van der Waals surface area contributed by atoms with E-state index >= 15 is 0 Å². The first kappa shape index (κ1) is 25.5. The summed E-state index contributed by atoms with van der Waals surface area (Å²) in [4.78, 5) is 29.5. The van der Waals surface area contributed by atoms with Crippen molar-refractivity contribution in [3.05, 3.63) is 40.1 Å². The van der Waals surface area contributed by atoms with Crippen LogP contribution in [0.25, 0.3) is 10.9 Å². The van der Waals surface area contributed by atoms with Gasteiger partial charge in [-0.25, -0.2) is 4.79 Å². The van der Waals surface area contributed by atoms with Crippen molar-refractivity contribution in [3.63, 3.8) is 0 Å². The van der Waals surface area contributed by atoms with Gasteiger partial charge in [0.2, 0.25) is 0 Å². The molecule has 0 saturated heterocycles. The highest BCUT2D eigenvalue weighted by Crippen LogP contribution is 2.73. The highest BCUT2D eigenvalue weighted by Gasteiger charge is 2.66. The highest BCUT2D eigenvalue weighted by molar-refractivity contribution is 6.07. The monoisotopic (exact) mass is 519 g/mol. The summed E-state index contributed by atoms with van der Waals surface area (Å²) in [7, 11) is 2.92. The van der Waals surface area contributed by atoms with Crippen molar-refractivity contribution >= 4 is 22.8 Å². The van der Waals surface area contributed by atoms with Crippen molar-refractivity contribution in [2.24, 2.45) is 28.6 Å². The van der Waals surface area contributed by atoms with E-state index < -0.39 is 11.4 Å². The molecule has 2 N–H and O–H groups in total. The van der Waals surface area contributed by atoms with Crippen molar-refractivity contribution in [2.75, 3.05) is 14.2 Å². The first-order valence-corrected chi connectivity index (χ1v) is 14.2. The first-order valence-electron chi connectivity index (χ1n) is 14.2. The molecule has 1 aromatic heterocycles. The molecule has 0 radical (unpaired) electrons. The number of allylic oxidation sites excluding steroid dienone is 2. The van der Waals surface area contributed by atoms with Crippen LogP contribution < -0.4 is 0 Å². The molecule has 0 aliphatic heterocycles. The Bertz CT molecular complexity index is 1400. The number of rotatable bonds is 3. The Labute approximate surface area is 225 Å². The number of hydrogen-bond donors (Lipinski definition) is 2. The zero-order valence-electron chi connectivity index (χ0n) is 23.8. The van der Waals surface area contributed by atoms with Gasteiger partial charge in [0.15, 0.2) is 0 Å².